The number of ketones is 1. The Morgan fingerprint density at radius 2 is 1.70 bits per heavy atom. The number of benzene rings is 2. The van der Waals surface area contributed by atoms with E-state index >= 15 is 0 Å². The van der Waals surface area contributed by atoms with Crippen LogP contribution in [0.1, 0.15) is 11.1 Å². The molecule has 0 heterocycles. The van der Waals surface area contributed by atoms with E-state index in [0.717, 1.165) is 0 Å². The first-order valence-corrected chi connectivity index (χ1v) is 6.61. The van der Waals surface area contributed by atoms with Gasteiger partial charge in [0.1, 0.15) is 17.4 Å². The second-order valence-electron chi connectivity index (χ2n) is 4.34. The van der Waals surface area contributed by atoms with Crippen LogP contribution in [0.5, 0.6) is 0 Å². The van der Waals surface area contributed by atoms with Crippen molar-refractivity contribution in [1.82, 2.24) is 0 Å². The Morgan fingerprint density at radius 1 is 1.00 bits per heavy atom. The minimum absolute atomic E-state index is 0.0377. The molecule has 0 bridgehead atoms. The van der Waals surface area contributed by atoms with Crippen LogP contribution in [0.2, 0.25) is 10.0 Å². The van der Waals surface area contributed by atoms with Crippen LogP contribution in [-0.2, 0) is 17.6 Å². The SMILES string of the molecule is O=C(Cc1cc(Cl)ccc1F)Cc1cccc(Cl)c1F. The number of carbonyl (C=O) groups excluding carboxylic acids is 1. The molecule has 104 valence electrons. The minimum atomic E-state index is -0.617. The Balaban J connectivity index is 2.13. The van der Waals surface area contributed by atoms with E-state index in [1.807, 2.05) is 0 Å². The molecule has 0 spiro atoms. The summed E-state index contributed by atoms with van der Waals surface area (Å²) in [5, 5.41) is 0.312. The van der Waals surface area contributed by atoms with Gasteiger partial charge in [0.25, 0.3) is 0 Å². The second kappa shape index (κ2) is 6.33. The predicted octanol–water partition coefficient (Wildman–Crippen LogP) is 4.63. The Morgan fingerprint density at radius 3 is 2.45 bits per heavy atom. The molecule has 0 aliphatic heterocycles. The molecule has 0 aliphatic carbocycles. The number of halogens is 4. The van der Waals surface area contributed by atoms with E-state index in [4.69, 9.17) is 23.2 Å². The van der Waals surface area contributed by atoms with Crippen molar-refractivity contribution in [2.75, 3.05) is 0 Å². The average molecular weight is 315 g/mol. The smallest absolute Gasteiger partial charge is 0.145 e. The third kappa shape index (κ3) is 3.56. The standard InChI is InChI=1S/C15H10Cl2F2O/c16-11-4-5-14(18)10(6-11)8-12(20)7-9-2-1-3-13(17)15(9)19/h1-6H,7-8H2. The zero-order chi connectivity index (χ0) is 14.7. The van der Waals surface area contributed by atoms with E-state index in [1.54, 1.807) is 6.07 Å². The summed E-state index contributed by atoms with van der Waals surface area (Å²) in [5.41, 5.74) is 0.398. The van der Waals surface area contributed by atoms with E-state index in [2.05, 4.69) is 0 Å². The van der Waals surface area contributed by atoms with Crippen molar-refractivity contribution in [1.29, 1.82) is 0 Å². The summed E-state index contributed by atoms with van der Waals surface area (Å²) in [6.45, 7) is 0. The summed E-state index contributed by atoms with van der Waals surface area (Å²) >= 11 is 11.4. The van der Waals surface area contributed by atoms with Crippen LogP contribution in [0.3, 0.4) is 0 Å². The lowest BCUT2D eigenvalue weighted by Crippen LogP contribution is -2.09. The quantitative estimate of drug-likeness (QED) is 0.804. The highest BCUT2D eigenvalue weighted by atomic mass is 35.5. The van der Waals surface area contributed by atoms with Gasteiger partial charge >= 0.3 is 0 Å². The first-order valence-electron chi connectivity index (χ1n) is 5.86. The lowest BCUT2D eigenvalue weighted by Gasteiger charge is -2.05. The summed E-state index contributed by atoms with van der Waals surface area (Å²) in [7, 11) is 0. The second-order valence-corrected chi connectivity index (χ2v) is 5.18. The zero-order valence-electron chi connectivity index (χ0n) is 10.3. The highest BCUT2D eigenvalue weighted by molar-refractivity contribution is 6.31. The summed E-state index contributed by atoms with van der Waals surface area (Å²) in [6.07, 6.45) is -0.281. The Bertz CT molecular complexity index is 650. The fourth-order valence-corrected chi connectivity index (χ4v) is 2.24. The molecule has 0 atom stereocenters. The largest absolute Gasteiger partial charge is 0.299 e. The van der Waals surface area contributed by atoms with E-state index in [9.17, 15) is 13.6 Å². The number of hydrogen-bond donors (Lipinski definition) is 0. The zero-order valence-corrected chi connectivity index (χ0v) is 11.8. The highest BCUT2D eigenvalue weighted by Gasteiger charge is 2.13. The Labute approximate surface area is 125 Å². The van der Waals surface area contributed by atoms with Gasteiger partial charge in [0.05, 0.1) is 5.02 Å². The topological polar surface area (TPSA) is 17.1 Å². The molecule has 2 aromatic carbocycles. The summed E-state index contributed by atoms with van der Waals surface area (Å²) in [5.74, 6) is -1.43. The third-order valence-corrected chi connectivity index (χ3v) is 3.34. The van der Waals surface area contributed by atoms with Crippen molar-refractivity contribution in [3.05, 3.63) is 69.2 Å². The molecule has 0 saturated heterocycles. The summed E-state index contributed by atoms with van der Waals surface area (Å²) in [4.78, 5) is 11.9. The van der Waals surface area contributed by atoms with Gasteiger partial charge in [0, 0.05) is 17.9 Å². The van der Waals surface area contributed by atoms with Crippen molar-refractivity contribution >= 4 is 29.0 Å². The molecule has 0 unspecified atom stereocenters. The lowest BCUT2D eigenvalue weighted by molar-refractivity contribution is -0.117. The fraction of sp³-hybridized carbons (Fsp3) is 0.133. The molecular formula is C15H10Cl2F2O. The molecule has 0 fully saturated rings. The Kier molecular flexibility index (Phi) is 4.73. The van der Waals surface area contributed by atoms with Crippen molar-refractivity contribution in [3.63, 3.8) is 0 Å². The summed E-state index contributed by atoms with van der Waals surface area (Å²) in [6, 6.07) is 8.44. The van der Waals surface area contributed by atoms with Crippen LogP contribution in [0, 0.1) is 11.6 Å². The van der Waals surface area contributed by atoms with E-state index in [0.29, 0.717) is 5.02 Å². The van der Waals surface area contributed by atoms with Gasteiger partial charge in [-0.3, -0.25) is 4.79 Å². The molecule has 2 aromatic rings. The molecule has 1 nitrogen and oxygen atoms in total. The van der Waals surface area contributed by atoms with Gasteiger partial charge in [0.2, 0.25) is 0 Å². The molecule has 0 aromatic heterocycles. The molecule has 2 rings (SSSR count). The van der Waals surface area contributed by atoms with E-state index in [1.165, 1.54) is 30.3 Å². The van der Waals surface area contributed by atoms with Crippen molar-refractivity contribution in [2.24, 2.45) is 0 Å². The van der Waals surface area contributed by atoms with Gasteiger partial charge in [-0.15, -0.1) is 0 Å². The van der Waals surface area contributed by atoms with Crippen molar-refractivity contribution in [2.45, 2.75) is 12.8 Å². The van der Waals surface area contributed by atoms with Crippen molar-refractivity contribution in [3.8, 4) is 0 Å². The highest BCUT2D eigenvalue weighted by Crippen LogP contribution is 2.20. The van der Waals surface area contributed by atoms with Gasteiger partial charge in [-0.2, -0.15) is 0 Å². The molecular weight excluding hydrogens is 305 g/mol. The maximum atomic E-state index is 13.7. The molecule has 0 radical (unpaired) electrons. The van der Waals surface area contributed by atoms with Gasteiger partial charge in [-0.05, 0) is 35.4 Å². The van der Waals surface area contributed by atoms with Crippen LogP contribution in [0.4, 0.5) is 8.78 Å². The first kappa shape index (κ1) is 14.9. The van der Waals surface area contributed by atoms with Gasteiger partial charge in [0.15, 0.2) is 0 Å². The monoisotopic (exact) mass is 314 g/mol. The van der Waals surface area contributed by atoms with Crippen LogP contribution >= 0.6 is 23.2 Å². The molecule has 0 saturated carbocycles. The minimum Gasteiger partial charge on any atom is -0.299 e. The predicted molar refractivity (Wildman–Crippen MR) is 75.2 cm³/mol. The third-order valence-electron chi connectivity index (χ3n) is 2.81. The number of carbonyl (C=O) groups is 1. The van der Waals surface area contributed by atoms with E-state index < -0.39 is 11.6 Å². The number of Topliss-reactive ketones (excluding diaryl/α,β-unsaturated/α-hetero) is 1. The fourth-order valence-electron chi connectivity index (χ4n) is 1.85. The lowest BCUT2D eigenvalue weighted by atomic mass is 10.0. The molecule has 0 N–H and O–H groups in total. The Hall–Kier alpha value is -1.45. The van der Waals surface area contributed by atoms with Gasteiger partial charge in [-0.25, -0.2) is 8.78 Å². The summed E-state index contributed by atoms with van der Waals surface area (Å²) < 4.78 is 27.2. The van der Waals surface area contributed by atoms with E-state index in [-0.39, 0.29) is 34.8 Å². The molecule has 0 aliphatic rings. The number of rotatable bonds is 4. The normalized spacial score (nSPS) is 10.6. The van der Waals surface area contributed by atoms with Crippen LogP contribution in [0.25, 0.3) is 0 Å². The van der Waals surface area contributed by atoms with Crippen molar-refractivity contribution < 1.29 is 13.6 Å². The molecule has 5 heteroatoms. The van der Waals surface area contributed by atoms with Gasteiger partial charge < -0.3 is 0 Å². The molecule has 20 heavy (non-hydrogen) atoms. The average Bonchev–Trinajstić information content (AvgIpc) is 2.39. The maximum absolute atomic E-state index is 13.7. The van der Waals surface area contributed by atoms with Crippen LogP contribution in [-0.4, -0.2) is 5.78 Å². The first-order chi connectivity index (χ1) is 9.47. The maximum Gasteiger partial charge on any atom is 0.145 e. The molecule has 0 amide bonds. The van der Waals surface area contributed by atoms with Crippen LogP contribution in [0.15, 0.2) is 36.4 Å². The number of hydrogen-bond acceptors (Lipinski definition) is 1. The van der Waals surface area contributed by atoms with Crippen LogP contribution < -0.4 is 0 Å². The van der Waals surface area contributed by atoms with Gasteiger partial charge in [-0.1, -0.05) is 35.3 Å².